The second-order valence-electron chi connectivity index (χ2n) is 5.31. The summed E-state index contributed by atoms with van der Waals surface area (Å²) < 4.78 is 5.77. The van der Waals surface area contributed by atoms with E-state index in [-0.39, 0.29) is 17.6 Å². The van der Waals surface area contributed by atoms with Gasteiger partial charge in [0.05, 0.1) is 11.7 Å². The minimum Gasteiger partial charge on any atom is -0.369 e. The van der Waals surface area contributed by atoms with Crippen LogP contribution in [-0.4, -0.2) is 45.8 Å². The number of amides is 1. The molecule has 0 bridgehead atoms. The van der Waals surface area contributed by atoms with Crippen molar-refractivity contribution in [3.05, 3.63) is 17.5 Å². The Bertz CT molecular complexity index is 425. The van der Waals surface area contributed by atoms with Gasteiger partial charge in [-0.3, -0.25) is 9.89 Å². The third kappa shape index (κ3) is 2.66. The summed E-state index contributed by atoms with van der Waals surface area (Å²) in [7, 11) is 0. The van der Waals surface area contributed by atoms with Crippen LogP contribution >= 0.6 is 0 Å². The van der Waals surface area contributed by atoms with Crippen LogP contribution in [-0.2, 0) is 4.74 Å². The van der Waals surface area contributed by atoms with Gasteiger partial charge < -0.3 is 9.64 Å². The van der Waals surface area contributed by atoms with Crippen molar-refractivity contribution in [1.82, 2.24) is 15.1 Å². The van der Waals surface area contributed by atoms with Crippen LogP contribution < -0.4 is 0 Å². The van der Waals surface area contributed by atoms with Crippen molar-refractivity contribution >= 4 is 5.91 Å². The molecule has 0 aliphatic carbocycles. The number of nitrogens with zero attached hydrogens (tertiary/aromatic N) is 2. The topological polar surface area (TPSA) is 58.2 Å². The largest absolute Gasteiger partial charge is 0.369 e. The lowest BCUT2D eigenvalue weighted by Gasteiger charge is -2.41. The molecule has 5 nitrogen and oxygen atoms in total. The van der Waals surface area contributed by atoms with Gasteiger partial charge in [-0.15, -0.1) is 0 Å². The maximum atomic E-state index is 12.2. The Labute approximate surface area is 101 Å². The summed E-state index contributed by atoms with van der Waals surface area (Å²) in [6.07, 6.45) is 0.0581. The number of ether oxygens (including phenoxy) is 1. The van der Waals surface area contributed by atoms with Crippen LogP contribution in [0.2, 0.25) is 0 Å². The van der Waals surface area contributed by atoms with Gasteiger partial charge >= 0.3 is 0 Å². The van der Waals surface area contributed by atoms with Crippen molar-refractivity contribution in [3.63, 3.8) is 0 Å². The zero-order chi connectivity index (χ0) is 12.6. The highest BCUT2D eigenvalue weighted by atomic mass is 16.5. The Morgan fingerprint density at radius 2 is 2.35 bits per heavy atom. The Balaban J connectivity index is 2.14. The Morgan fingerprint density at radius 1 is 1.65 bits per heavy atom. The van der Waals surface area contributed by atoms with Crippen molar-refractivity contribution in [2.75, 3.05) is 13.1 Å². The normalized spacial score (nSPS) is 23.8. The fourth-order valence-electron chi connectivity index (χ4n) is 2.30. The Morgan fingerprint density at radius 3 is 2.88 bits per heavy atom. The molecular formula is C12H19N3O2. The summed E-state index contributed by atoms with van der Waals surface area (Å²) in [5.41, 5.74) is 1.08. The first-order valence-electron chi connectivity index (χ1n) is 5.86. The van der Waals surface area contributed by atoms with E-state index in [2.05, 4.69) is 10.2 Å². The fraction of sp³-hybridized carbons (Fsp3) is 0.667. The predicted molar refractivity (Wildman–Crippen MR) is 63.9 cm³/mol. The summed E-state index contributed by atoms with van der Waals surface area (Å²) in [6.45, 7) is 9.08. The van der Waals surface area contributed by atoms with Crippen molar-refractivity contribution in [3.8, 4) is 0 Å². The number of hydrogen-bond acceptors (Lipinski definition) is 3. The zero-order valence-electron chi connectivity index (χ0n) is 10.8. The first-order valence-corrected chi connectivity index (χ1v) is 5.86. The average Bonchev–Trinajstić information content (AvgIpc) is 2.60. The molecule has 0 saturated carbocycles. The quantitative estimate of drug-likeness (QED) is 0.802. The molecule has 1 unspecified atom stereocenters. The number of aromatic nitrogens is 2. The van der Waals surface area contributed by atoms with E-state index in [0.717, 1.165) is 5.69 Å². The molecule has 1 N–H and O–H groups in total. The van der Waals surface area contributed by atoms with E-state index < -0.39 is 0 Å². The van der Waals surface area contributed by atoms with E-state index in [1.807, 2.05) is 32.6 Å². The number of H-pyrrole nitrogens is 1. The van der Waals surface area contributed by atoms with E-state index in [1.54, 1.807) is 6.07 Å². The molecule has 2 rings (SSSR count). The average molecular weight is 237 g/mol. The van der Waals surface area contributed by atoms with E-state index in [0.29, 0.717) is 18.8 Å². The van der Waals surface area contributed by atoms with Gasteiger partial charge in [0, 0.05) is 18.8 Å². The SMILES string of the molecule is Cc1cc(C(=O)N2CC(C)OC(C)(C)C2)n[nH]1. The molecule has 1 atom stereocenters. The molecule has 5 heteroatoms. The van der Waals surface area contributed by atoms with Gasteiger partial charge in [-0.05, 0) is 33.8 Å². The van der Waals surface area contributed by atoms with Crippen molar-refractivity contribution in [1.29, 1.82) is 0 Å². The lowest BCUT2D eigenvalue weighted by molar-refractivity contribution is -0.118. The molecule has 2 heterocycles. The fourth-order valence-corrected chi connectivity index (χ4v) is 2.30. The van der Waals surface area contributed by atoms with Crippen LogP contribution in [0.3, 0.4) is 0 Å². The summed E-state index contributed by atoms with van der Waals surface area (Å²) >= 11 is 0. The summed E-state index contributed by atoms with van der Waals surface area (Å²) in [5, 5.41) is 6.80. The predicted octanol–water partition coefficient (Wildman–Crippen LogP) is 1.36. The van der Waals surface area contributed by atoms with Crippen LogP contribution in [0.1, 0.15) is 37.0 Å². The maximum absolute atomic E-state index is 12.2. The van der Waals surface area contributed by atoms with E-state index >= 15 is 0 Å². The molecule has 1 aliphatic heterocycles. The van der Waals surface area contributed by atoms with Gasteiger partial charge in [0.25, 0.3) is 5.91 Å². The van der Waals surface area contributed by atoms with Gasteiger partial charge in [0.2, 0.25) is 0 Å². The van der Waals surface area contributed by atoms with Crippen molar-refractivity contribution < 1.29 is 9.53 Å². The minimum absolute atomic E-state index is 0.0300. The Kier molecular flexibility index (Phi) is 2.95. The van der Waals surface area contributed by atoms with E-state index in [9.17, 15) is 4.79 Å². The second-order valence-corrected chi connectivity index (χ2v) is 5.31. The van der Waals surface area contributed by atoms with E-state index in [1.165, 1.54) is 0 Å². The van der Waals surface area contributed by atoms with E-state index in [4.69, 9.17) is 4.74 Å². The van der Waals surface area contributed by atoms with Gasteiger partial charge in [0.15, 0.2) is 0 Å². The number of nitrogens with one attached hydrogen (secondary N) is 1. The highest BCUT2D eigenvalue weighted by Gasteiger charge is 2.34. The molecule has 0 spiro atoms. The number of hydrogen-bond donors (Lipinski definition) is 1. The number of aromatic amines is 1. The molecule has 0 radical (unpaired) electrons. The van der Waals surface area contributed by atoms with Gasteiger partial charge in [-0.2, -0.15) is 5.10 Å². The number of morpholine rings is 1. The number of carbonyl (C=O) groups is 1. The summed E-state index contributed by atoms with van der Waals surface area (Å²) in [6, 6.07) is 1.77. The standard InChI is InChI=1S/C12H19N3O2/c1-8-5-10(14-13-8)11(16)15-6-9(2)17-12(3,4)7-15/h5,9H,6-7H2,1-4H3,(H,13,14). The van der Waals surface area contributed by atoms with Crippen LogP contribution in [0.15, 0.2) is 6.07 Å². The number of aryl methyl sites for hydroxylation is 1. The zero-order valence-corrected chi connectivity index (χ0v) is 10.8. The van der Waals surface area contributed by atoms with Crippen LogP contribution in [0, 0.1) is 6.92 Å². The second kappa shape index (κ2) is 4.14. The first-order chi connectivity index (χ1) is 7.87. The molecule has 1 fully saturated rings. The number of carbonyl (C=O) groups excluding carboxylic acids is 1. The van der Waals surface area contributed by atoms with Crippen molar-refractivity contribution in [2.24, 2.45) is 0 Å². The molecule has 1 aromatic heterocycles. The third-order valence-electron chi connectivity index (χ3n) is 2.78. The highest BCUT2D eigenvalue weighted by molar-refractivity contribution is 5.92. The lowest BCUT2D eigenvalue weighted by Crippen LogP contribution is -2.53. The number of rotatable bonds is 1. The van der Waals surface area contributed by atoms with Crippen molar-refractivity contribution in [2.45, 2.75) is 39.4 Å². The lowest BCUT2D eigenvalue weighted by atomic mass is 10.1. The maximum Gasteiger partial charge on any atom is 0.274 e. The van der Waals surface area contributed by atoms with Gasteiger partial charge in [-0.25, -0.2) is 0 Å². The molecule has 94 valence electrons. The molecule has 0 aromatic carbocycles. The van der Waals surface area contributed by atoms with Crippen LogP contribution in [0.25, 0.3) is 0 Å². The Hall–Kier alpha value is -1.36. The minimum atomic E-state index is -0.293. The highest BCUT2D eigenvalue weighted by Crippen LogP contribution is 2.21. The molecule has 1 aromatic rings. The summed E-state index contributed by atoms with van der Waals surface area (Å²) in [5.74, 6) is -0.0300. The molecule has 1 aliphatic rings. The monoisotopic (exact) mass is 237 g/mol. The first kappa shape index (κ1) is 12.1. The summed E-state index contributed by atoms with van der Waals surface area (Å²) in [4.78, 5) is 14.0. The molecule has 1 saturated heterocycles. The molecule has 17 heavy (non-hydrogen) atoms. The molecular weight excluding hydrogens is 218 g/mol. The van der Waals surface area contributed by atoms with Gasteiger partial charge in [0.1, 0.15) is 5.69 Å². The molecule has 1 amide bonds. The van der Waals surface area contributed by atoms with Crippen LogP contribution in [0.5, 0.6) is 0 Å². The van der Waals surface area contributed by atoms with Gasteiger partial charge in [-0.1, -0.05) is 0 Å². The van der Waals surface area contributed by atoms with Crippen LogP contribution in [0.4, 0.5) is 0 Å². The third-order valence-corrected chi connectivity index (χ3v) is 2.78. The smallest absolute Gasteiger partial charge is 0.274 e.